The lowest BCUT2D eigenvalue weighted by molar-refractivity contribution is 0.0512. The van der Waals surface area contributed by atoms with Gasteiger partial charge in [-0.15, -0.1) is 0 Å². The fraction of sp³-hybridized carbons (Fsp3) is 0.619. The van der Waals surface area contributed by atoms with Crippen molar-refractivity contribution in [1.29, 1.82) is 5.26 Å². The van der Waals surface area contributed by atoms with Gasteiger partial charge in [-0.25, -0.2) is 4.79 Å². The number of fused-ring (bicyclic) bond motifs is 2. The first-order chi connectivity index (χ1) is 13.6. The summed E-state index contributed by atoms with van der Waals surface area (Å²) in [6.07, 6.45) is 4.14. The molecule has 28 heavy (non-hydrogen) atoms. The molecule has 3 atom stereocenters. The zero-order valence-corrected chi connectivity index (χ0v) is 16.1. The first-order valence-electron chi connectivity index (χ1n) is 10.2. The van der Waals surface area contributed by atoms with E-state index in [2.05, 4.69) is 21.2 Å². The van der Waals surface area contributed by atoms with Gasteiger partial charge in [0.2, 0.25) is 0 Å². The van der Waals surface area contributed by atoms with Gasteiger partial charge in [-0.2, -0.15) is 5.26 Å². The van der Waals surface area contributed by atoms with E-state index in [-0.39, 0.29) is 12.6 Å². The van der Waals surface area contributed by atoms with E-state index < -0.39 is 6.09 Å². The number of carboxylic acid groups (broad SMARTS) is 1. The van der Waals surface area contributed by atoms with E-state index in [1.165, 1.54) is 32.2 Å². The number of carbonyl (C=O) groups is 1. The third-order valence-corrected chi connectivity index (χ3v) is 6.12. The lowest BCUT2D eigenvalue weighted by atomic mass is 10.1. The number of hydrogen-bond acceptors (Lipinski definition) is 5. The highest BCUT2D eigenvalue weighted by Gasteiger charge is 2.41. The Kier molecular flexibility index (Phi) is 5.69. The van der Waals surface area contributed by atoms with Gasteiger partial charge in [-0.05, 0) is 55.9 Å². The molecular weight excluding hydrogens is 356 g/mol. The first kappa shape index (κ1) is 19.0. The lowest BCUT2D eigenvalue weighted by Gasteiger charge is -2.42. The molecule has 1 aliphatic carbocycles. The molecular formula is C21H28N4O3. The standard InChI is InChI=1S/C21H28N4O3/c22-9-15-3-7-20(8-4-15)28-14-17(23-21(26)27)11-25-18-5-6-19(25)13-24(12-18)10-16-1-2-16/h3-4,7-8,16-19,23H,1-2,5-6,10-14H2,(H,26,27)/t17-,18?,19?/m0/s1. The van der Waals surface area contributed by atoms with Crippen LogP contribution in [0.3, 0.4) is 0 Å². The molecule has 2 saturated heterocycles. The monoisotopic (exact) mass is 384 g/mol. The number of amides is 1. The maximum absolute atomic E-state index is 11.3. The largest absolute Gasteiger partial charge is 0.491 e. The number of nitriles is 1. The molecule has 2 aliphatic heterocycles. The van der Waals surface area contributed by atoms with Crippen LogP contribution in [0.2, 0.25) is 0 Å². The van der Waals surface area contributed by atoms with Crippen LogP contribution in [0.5, 0.6) is 5.75 Å². The smallest absolute Gasteiger partial charge is 0.405 e. The number of hydrogen-bond donors (Lipinski definition) is 2. The van der Waals surface area contributed by atoms with Crippen molar-refractivity contribution >= 4 is 6.09 Å². The second kappa shape index (κ2) is 8.38. The van der Waals surface area contributed by atoms with Crippen LogP contribution in [0, 0.1) is 17.2 Å². The number of nitrogens with one attached hydrogen (secondary N) is 1. The summed E-state index contributed by atoms with van der Waals surface area (Å²) >= 11 is 0. The van der Waals surface area contributed by atoms with Crippen molar-refractivity contribution in [1.82, 2.24) is 15.1 Å². The molecule has 1 amide bonds. The Morgan fingerprint density at radius 3 is 2.46 bits per heavy atom. The number of likely N-dealkylation sites (tertiary alicyclic amines) is 1. The maximum atomic E-state index is 11.3. The molecule has 2 bridgehead atoms. The predicted octanol–water partition coefficient (Wildman–Crippen LogP) is 2.13. The minimum absolute atomic E-state index is 0.278. The Hall–Kier alpha value is -2.30. The zero-order chi connectivity index (χ0) is 19.5. The van der Waals surface area contributed by atoms with E-state index in [1.807, 2.05) is 0 Å². The molecule has 7 heteroatoms. The second-order valence-corrected chi connectivity index (χ2v) is 8.34. The van der Waals surface area contributed by atoms with Crippen LogP contribution in [0.25, 0.3) is 0 Å². The molecule has 2 unspecified atom stereocenters. The zero-order valence-electron chi connectivity index (χ0n) is 16.1. The predicted molar refractivity (Wildman–Crippen MR) is 104 cm³/mol. The van der Waals surface area contributed by atoms with E-state index in [4.69, 9.17) is 10.00 Å². The number of benzene rings is 1. The van der Waals surface area contributed by atoms with Crippen molar-refractivity contribution in [2.75, 3.05) is 32.8 Å². The molecule has 3 aliphatic rings. The van der Waals surface area contributed by atoms with E-state index in [0.29, 0.717) is 29.9 Å². The summed E-state index contributed by atoms with van der Waals surface area (Å²) in [4.78, 5) is 16.4. The maximum Gasteiger partial charge on any atom is 0.405 e. The number of nitrogens with zero attached hydrogens (tertiary/aromatic N) is 3. The molecule has 1 aromatic rings. The van der Waals surface area contributed by atoms with Crippen LogP contribution >= 0.6 is 0 Å². The molecule has 2 N–H and O–H groups in total. The summed E-state index contributed by atoms with van der Waals surface area (Å²) in [6, 6.07) is 9.73. The van der Waals surface area contributed by atoms with Crippen molar-refractivity contribution in [3.63, 3.8) is 0 Å². The summed E-state index contributed by atoms with van der Waals surface area (Å²) in [5.74, 6) is 1.56. The van der Waals surface area contributed by atoms with Crippen molar-refractivity contribution < 1.29 is 14.6 Å². The third-order valence-electron chi connectivity index (χ3n) is 6.12. The Labute approximate surface area is 165 Å². The molecule has 0 aromatic heterocycles. The Morgan fingerprint density at radius 1 is 1.21 bits per heavy atom. The summed E-state index contributed by atoms with van der Waals surface area (Å²) in [7, 11) is 0. The fourth-order valence-corrected chi connectivity index (χ4v) is 4.58. The molecule has 0 radical (unpaired) electrons. The minimum atomic E-state index is -1.02. The van der Waals surface area contributed by atoms with Crippen LogP contribution in [-0.4, -0.2) is 71.9 Å². The van der Waals surface area contributed by atoms with Crippen LogP contribution in [0.1, 0.15) is 31.2 Å². The van der Waals surface area contributed by atoms with Crippen molar-refractivity contribution in [2.24, 2.45) is 5.92 Å². The van der Waals surface area contributed by atoms with Gasteiger partial charge in [-0.3, -0.25) is 9.80 Å². The van der Waals surface area contributed by atoms with E-state index in [1.54, 1.807) is 24.3 Å². The second-order valence-electron chi connectivity index (χ2n) is 8.34. The van der Waals surface area contributed by atoms with Crippen molar-refractivity contribution in [3.8, 4) is 11.8 Å². The van der Waals surface area contributed by atoms with Crippen molar-refractivity contribution in [2.45, 2.75) is 43.8 Å². The van der Waals surface area contributed by atoms with Gasteiger partial charge in [0.05, 0.1) is 17.7 Å². The molecule has 1 aromatic carbocycles. The Bertz CT molecular complexity index is 714. The van der Waals surface area contributed by atoms with E-state index in [9.17, 15) is 9.90 Å². The quantitative estimate of drug-likeness (QED) is 0.714. The molecule has 0 spiro atoms. The van der Waals surface area contributed by atoms with Crippen LogP contribution in [0.4, 0.5) is 4.79 Å². The van der Waals surface area contributed by atoms with Gasteiger partial charge in [0.25, 0.3) is 0 Å². The number of ether oxygens (including phenoxy) is 1. The van der Waals surface area contributed by atoms with Crippen LogP contribution in [-0.2, 0) is 0 Å². The fourth-order valence-electron chi connectivity index (χ4n) is 4.58. The number of rotatable bonds is 8. The highest BCUT2D eigenvalue weighted by atomic mass is 16.5. The first-order valence-corrected chi connectivity index (χ1v) is 10.2. The van der Waals surface area contributed by atoms with E-state index in [0.717, 1.165) is 19.0 Å². The minimum Gasteiger partial charge on any atom is -0.491 e. The van der Waals surface area contributed by atoms with Crippen LogP contribution < -0.4 is 10.1 Å². The van der Waals surface area contributed by atoms with Crippen molar-refractivity contribution in [3.05, 3.63) is 29.8 Å². The topological polar surface area (TPSA) is 88.8 Å². The summed E-state index contributed by atoms with van der Waals surface area (Å²) < 4.78 is 5.81. The summed E-state index contributed by atoms with van der Waals surface area (Å²) in [6.45, 7) is 4.39. The van der Waals surface area contributed by atoms with Gasteiger partial charge in [0, 0.05) is 38.3 Å². The molecule has 3 fully saturated rings. The van der Waals surface area contributed by atoms with Gasteiger partial charge >= 0.3 is 6.09 Å². The molecule has 2 heterocycles. The molecule has 1 saturated carbocycles. The average molecular weight is 384 g/mol. The SMILES string of the molecule is N#Cc1ccc(OC[C@H](CN2C3CCC2CN(CC2CC2)C3)NC(=O)O)cc1. The van der Waals surface area contributed by atoms with Gasteiger partial charge < -0.3 is 15.2 Å². The number of piperazine rings is 1. The average Bonchev–Trinajstić information content (AvgIpc) is 3.46. The molecule has 150 valence electrons. The Morgan fingerprint density at radius 2 is 1.89 bits per heavy atom. The van der Waals surface area contributed by atoms with Crippen LogP contribution in [0.15, 0.2) is 24.3 Å². The van der Waals surface area contributed by atoms with Gasteiger partial charge in [0.1, 0.15) is 12.4 Å². The summed E-state index contributed by atoms with van der Waals surface area (Å²) in [5.41, 5.74) is 0.577. The van der Waals surface area contributed by atoms with Gasteiger partial charge in [-0.1, -0.05) is 0 Å². The lowest BCUT2D eigenvalue weighted by Crippen LogP contribution is -2.58. The molecule has 7 nitrogen and oxygen atoms in total. The third kappa shape index (κ3) is 4.75. The highest BCUT2D eigenvalue weighted by Crippen LogP contribution is 2.34. The Balaban J connectivity index is 1.33. The normalized spacial score (nSPS) is 25.8. The highest BCUT2D eigenvalue weighted by molar-refractivity contribution is 5.64. The summed E-state index contributed by atoms with van der Waals surface area (Å²) in [5, 5.41) is 20.8. The van der Waals surface area contributed by atoms with Gasteiger partial charge in [0.15, 0.2) is 0 Å². The van der Waals surface area contributed by atoms with E-state index >= 15 is 0 Å². The molecule has 4 rings (SSSR count).